The van der Waals surface area contributed by atoms with E-state index in [0.717, 1.165) is 44.0 Å². The molecule has 138 valence electrons. The molecule has 3 rings (SSSR count). The molecule has 5 nitrogen and oxygen atoms in total. The van der Waals surface area contributed by atoms with Crippen LogP contribution < -0.4 is 5.32 Å². The van der Waals surface area contributed by atoms with Gasteiger partial charge in [-0.3, -0.25) is 9.69 Å². The predicted molar refractivity (Wildman–Crippen MR) is 104 cm³/mol. The Morgan fingerprint density at radius 3 is 2.92 bits per heavy atom. The number of ether oxygens (including phenoxy) is 1. The van der Waals surface area contributed by atoms with Crippen molar-refractivity contribution in [3.8, 4) is 0 Å². The SMILES string of the molecule is O=C(C=Cc1ccsc1)N[C@@H](CO)c1cccc(CN2CCOCC2)c1. The summed E-state index contributed by atoms with van der Waals surface area (Å²) in [4.78, 5) is 14.5. The molecule has 0 radical (unpaired) electrons. The van der Waals surface area contributed by atoms with E-state index in [2.05, 4.69) is 22.3 Å². The molecule has 1 aliphatic heterocycles. The predicted octanol–water partition coefficient (Wildman–Crippen LogP) is 2.44. The Kier molecular flexibility index (Phi) is 6.96. The molecule has 1 atom stereocenters. The number of nitrogens with one attached hydrogen (secondary N) is 1. The first-order valence-electron chi connectivity index (χ1n) is 8.75. The van der Waals surface area contributed by atoms with Crippen molar-refractivity contribution in [1.29, 1.82) is 0 Å². The summed E-state index contributed by atoms with van der Waals surface area (Å²) >= 11 is 1.59. The van der Waals surface area contributed by atoms with Crippen LogP contribution in [0.15, 0.2) is 47.2 Å². The van der Waals surface area contributed by atoms with E-state index in [9.17, 15) is 9.90 Å². The minimum absolute atomic E-state index is 0.140. The minimum atomic E-state index is -0.417. The second-order valence-electron chi connectivity index (χ2n) is 6.27. The quantitative estimate of drug-likeness (QED) is 0.733. The molecule has 1 amide bonds. The number of nitrogens with zero attached hydrogens (tertiary/aromatic N) is 1. The van der Waals surface area contributed by atoms with Crippen LogP contribution in [0.1, 0.15) is 22.7 Å². The second kappa shape index (κ2) is 9.64. The van der Waals surface area contributed by atoms with Crippen LogP contribution in [0.4, 0.5) is 0 Å². The number of aliphatic hydroxyl groups excluding tert-OH is 1. The number of benzene rings is 1. The van der Waals surface area contributed by atoms with Crippen LogP contribution in [-0.2, 0) is 16.1 Å². The number of rotatable bonds is 7. The van der Waals surface area contributed by atoms with Crippen molar-refractivity contribution in [2.45, 2.75) is 12.6 Å². The van der Waals surface area contributed by atoms with Gasteiger partial charge in [-0.25, -0.2) is 0 Å². The van der Waals surface area contributed by atoms with Gasteiger partial charge in [0.25, 0.3) is 0 Å². The molecule has 1 saturated heterocycles. The Morgan fingerprint density at radius 1 is 1.35 bits per heavy atom. The van der Waals surface area contributed by atoms with Crippen molar-refractivity contribution >= 4 is 23.3 Å². The number of thiophene rings is 1. The Hall–Kier alpha value is -1.99. The van der Waals surface area contributed by atoms with Gasteiger partial charge in [0.15, 0.2) is 0 Å². The lowest BCUT2D eigenvalue weighted by atomic mass is 10.0. The number of hydrogen-bond donors (Lipinski definition) is 2. The summed E-state index contributed by atoms with van der Waals surface area (Å²) < 4.78 is 5.38. The summed E-state index contributed by atoms with van der Waals surface area (Å²) in [6.45, 7) is 4.10. The molecule has 6 heteroatoms. The second-order valence-corrected chi connectivity index (χ2v) is 7.05. The highest BCUT2D eigenvalue weighted by Crippen LogP contribution is 2.17. The van der Waals surface area contributed by atoms with Gasteiger partial charge in [0.2, 0.25) is 5.91 Å². The Balaban J connectivity index is 1.61. The fourth-order valence-electron chi connectivity index (χ4n) is 2.92. The highest BCUT2D eigenvalue weighted by atomic mass is 32.1. The third-order valence-electron chi connectivity index (χ3n) is 4.33. The summed E-state index contributed by atoms with van der Waals surface area (Å²) in [5, 5.41) is 16.5. The molecule has 26 heavy (non-hydrogen) atoms. The maximum absolute atomic E-state index is 12.2. The van der Waals surface area contributed by atoms with E-state index >= 15 is 0 Å². The fourth-order valence-corrected chi connectivity index (χ4v) is 3.55. The molecule has 1 aliphatic rings. The molecular weight excluding hydrogens is 348 g/mol. The number of morpholine rings is 1. The van der Waals surface area contributed by atoms with Crippen molar-refractivity contribution in [2.24, 2.45) is 0 Å². The highest BCUT2D eigenvalue weighted by Gasteiger charge is 2.15. The molecule has 1 aromatic heterocycles. The Labute approximate surface area is 157 Å². The normalized spacial score (nSPS) is 16.7. The molecule has 2 heterocycles. The maximum atomic E-state index is 12.2. The van der Waals surface area contributed by atoms with Crippen LogP contribution in [0.5, 0.6) is 0 Å². The number of amides is 1. The van der Waals surface area contributed by atoms with Crippen molar-refractivity contribution in [3.63, 3.8) is 0 Å². The van der Waals surface area contributed by atoms with Gasteiger partial charge in [0.05, 0.1) is 25.9 Å². The lowest BCUT2D eigenvalue weighted by Gasteiger charge is -2.27. The molecule has 2 N–H and O–H groups in total. The van der Waals surface area contributed by atoms with Gasteiger partial charge in [0.1, 0.15) is 0 Å². The zero-order chi connectivity index (χ0) is 18.2. The summed E-state index contributed by atoms with van der Waals surface area (Å²) in [7, 11) is 0. The van der Waals surface area contributed by atoms with Crippen molar-refractivity contribution in [2.75, 3.05) is 32.9 Å². The van der Waals surface area contributed by atoms with Gasteiger partial charge >= 0.3 is 0 Å². The minimum Gasteiger partial charge on any atom is -0.394 e. The third kappa shape index (κ3) is 5.51. The van der Waals surface area contributed by atoms with Crippen molar-refractivity contribution in [3.05, 3.63) is 63.9 Å². The summed E-state index contributed by atoms with van der Waals surface area (Å²) in [5.41, 5.74) is 3.08. The molecule has 0 saturated carbocycles. The monoisotopic (exact) mass is 372 g/mol. The van der Waals surface area contributed by atoms with Crippen LogP contribution in [0.3, 0.4) is 0 Å². The van der Waals surface area contributed by atoms with Crippen molar-refractivity contribution < 1.29 is 14.6 Å². The van der Waals surface area contributed by atoms with Crippen LogP contribution in [0.2, 0.25) is 0 Å². The molecule has 0 unspecified atom stereocenters. The first-order valence-corrected chi connectivity index (χ1v) is 9.69. The van der Waals surface area contributed by atoms with E-state index in [1.54, 1.807) is 17.4 Å². The summed E-state index contributed by atoms with van der Waals surface area (Å²) in [6, 6.07) is 9.57. The summed E-state index contributed by atoms with van der Waals surface area (Å²) in [5.74, 6) is -0.214. The molecule has 2 aromatic rings. The standard InChI is InChI=1S/C20H24N2O3S/c23-14-19(21-20(24)5-4-16-6-11-26-15-16)18-3-1-2-17(12-18)13-22-7-9-25-10-8-22/h1-6,11-12,15,19,23H,7-10,13-14H2,(H,21,24)/t19-/m0/s1. The highest BCUT2D eigenvalue weighted by molar-refractivity contribution is 7.08. The topological polar surface area (TPSA) is 61.8 Å². The smallest absolute Gasteiger partial charge is 0.244 e. The van der Waals surface area contributed by atoms with Crippen LogP contribution in [-0.4, -0.2) is 48.8 Å². The number of carbonyl (C=O) groups is 1. The zero-order valence-electron chi connectivity index (χ0n) is 14.6. The van der Waals surface area contributed by atoms with Gasteiger partial charge in [-0.1, -0.05) is 24.3 Å². The first-order chi connectivity index (χ1) is 12.7. The Bertz CT molecular complexity index is 724. The van der Waals surface area contributed by atoms with Crippen LogP contribution in [0, 0.1) is 0 Å². The first kappa shape index (κ1) is 18.8. The fraction of sp³-hybridized carbons (Fsp3) is 0.350. The third-order valence-corrected chi connectivity index (χ3v) is 5.03. The van der Waals surface area contributed by atoms with E-state index in [-0.39, 0.29) is 12.5 Å². The number of aliphatic hydroxyl groups is 1. The van der Waals surface area contributed by atoms with Gasteiger partial charge in [-0.05, 0) is 39.6 Å². The molecular formula is C20H24N2O3S. The van der Waals surface area contributed by atoms with Crippen molar-refractivity contribution in [1.82, 2.24) is 10.2 Å². The lowest BCUT2D eigenvalue weighted by Crippen LogP contribution is -2.35. The van der Waals surface area contributed by atoms with E-state index in [0.29, 0.717) is 0 Å². The van der Waals surface area contributed by atoms with E-state index in [1.807, 2.05) is 29.0 Å². The van der Waals surface area contributed by atoms with E-state index in [1.165, 1.54) is 11.6 Å². The average Bonchev–Trinajstić information content (AvgIpc) is 3.19. The molecule has 0 bridgehead atoms. The van der Waals surface area contributed by atoms with Crippen LogP contribution in [0.25, 0.3) is 6.08 Å². The zero-order valence-corrected chi connectivity index (χ0v) is 15.5. The van der Waals surface area contributed by atoms with Gasteiger partial charge in [0, 0.05) is 25.7 Å². The summed E-state index contributed by atoms with van der Waals surface area (Å²) in [6.07, 6.45) is 3.28. The lowest BCUT2D eigenvalue weighted by molar-refractivity contribution is -0.117. The molecule has 1 fully saturated rings. The molecule has 0 aliphatic carbocycles. The van der Waals surface area contributed by atoms with Gasteiger partial charge in [-0.2, -0.15) is 11.3 Å². The molecule has 0 spiro atoms. The largest absolute Gasteiger partial charge is 0.394 e. The van der Waals surface area contributed by atoms with Gasteiger partial charge < -0.3 is 15.2 Å². The number of hydrogen-bond acceptors (Lipinski definition) is 5. The van der Waals surface area contributed by atoms with E-state index in [4.69, 9.17) is 4.74 Å². The molecule has 1 aromatic carbocycles. The maximum Gasteiger partial charge on any atom is 0.244 e. The van der Waals surface area contributed by atoms with Crippen LogP contribution >= 0.6 is 11.3 Å². The average molecular weight is 372 g/mol. The Morgan fingerprint density at radius 2 is 2.19 bits per heavy atom. The van der Waals surface area contributed by atoms with Gasteiger partial charge in [-0.15, -0.1) is 0 Å². The number of carbonyl (C=O) groups excluding carboxylic acids is 1. The van der Waals surface area contributed by atoms with E-state index < -0.39 is 6.04 Å².